The molecule has 1 nitrogen and oxygen atoms in total. The Morgan fingerprint density at radius 2 is 1.92 bits per heavy atom. The van der Waals surface area contributed by atoms with E-state index in [1.165, 1.54) is 0 Å². The minimum atomic E-state index is 0.0970. The number of halogens is 1. The minimum absolute atomic E-state index is 0.0970. The van der Waals surface area contributed by atoms with Gasteiger partial charge >= 0.3 is 0 Å². The third kappa shape index (κ3) is 2.50. The second-order valence-corrected chi connectivity index (χ2v) is 3.66. The molecule has 0 aliphatic heterocycles. The van der Waals surface area contributed by atoms with Crippen molar-refractivity contribution in [2.24, 2.45) is 0 Å². The Morgan fingerprint density at radius 3 is 2.42 bits per heavy atom. The van der Waals surface area contributed by atoms with E-state index in [1.807, 2.05) is 31.2 Å². The van der Waals surface area contributed by atoms with Gasteiger partial charge in [-0.3, -0.25) is 0 Å². The average molecular weight is 185 g/mol. The molecule has 0 spiro atoms. The summed E-state index contributed by atoms with van der Waals surface area (Å²) in [6.45, 7) is 2.05. The van der Waals surface area contributed by atoms with Gasteiger partial charge in [0.2, 0.25) is 0 Å². The van der Waals surface area contributed by atoms with Crippen molar-refractivity contribution in [1.29, 1.82) is 0 Å². The van der Waals surface area contributed by atoms with E-state index in [-0.39, 0.29) is 12.0 Å². The maximum absolute atomic E-state index is 8.99. The highest BCUT2D eigenvalue weighted by molar-refractivity contribution is 6.20. The number of hydrogen-bond acceptors (Lipinski definition) is 1. The lowest BCUT2D eigenvalue weighted by Gasteiger charge is -2.07. The fourth-order valence-electron chi connectivity index (χ4n) is 1.21. The van der Waals surface area contributed by atoms with Crippen LogP contribution in [0.15, 0.2) is 24.3 Å². The van der Waals surface area contributed by atoms with E-state index >= 15 is 0 Å². The molecule has 0 saturated carbocycles. The molecule has 0 fully saturated rings. The molecule has 2 heteroatoms. The molecule has 1 aromatic carbocycles. The molecule has 1 N–H and O–H groups in total. The van der Waals surface area contributed by atoms with Crippen LogP contribution >= 0.6 is 11.6 Å². The molecule has 0 heterocycles. The smallest absolute Gasteiger partial charge is 0.0684 e. The lowest BCUT2D eigenvalue weighted by atomic mass is 10.0. The van der Waals surface area contributed by atoms with Gasteiger partial charge in [0, 0.05) is 5.38 Å². The first kappa shape index (κ1) is 9.56. The van der Waals surface area contributed by atoms with Crippen molar-refractivity contribution in [3.8, 4) is 0 Å². The maximum atomic E-state index is 8.99. The Balaban J connectivity index is 2.82. The van der Waals surface area contributed by atoms with Crippen molar-refractivity contribution in [2.75, 3.05) is 0 Å². The van der Waals surface area contributed by atoms with Gasteiger partial charge in [-0.05, 0) is 24.5 Å². The predicted molar refractivity (Wildman–Crippen MR) is 51.4 cm³/mol. The van der Waals surface area contributed by atoms with Crippen LogP contribution in [0, 0.1) is 0 Å². The average Bonchev–Trinajstić information content (AvgIpc) is 2.04. The summed E-state index contributed by atoms with van der Waals surface area (Å²) in [5.74, 6) is 0. The van der Waals surface area contributed by atoms with Crippen LogP contribution in [-0.2, 0) is 13.0 Å². The van der Waals surface area contributed by atoms with Gasteiger partial charge in [-0.15, -0.1) is 11.6 Å². The molecule has 66 valence electrons. The van der Waals surface area contributed by atoms with Crippen molar-refractivity contribution in [3.05, 3.63) is 35.4 Å². The fraction of sp³-hybridized carbons (Fsp3) is 0.400. The Kier molecular flexibility index (Phi) is 3.57. The molecule has 1 aromatic rings. The van der Waals surface area contributed by atoms with Crippen LogP contribution < -0.4 is 0 Å². The van der Waals surface area contributed by atoms with E-state index in [0.717, 1.165) is 17.5 Å². The molecule has 0 aliphatic carbocycles. The second kappa shape index (κ2) is 4.48. The predicted octanol–water partition coefficient (Wildman–Crippen LogP) is 2.35. The zero-order valence-corrected chi connectivity index (χ0v) is 7.88. The lowest BCUT2D eigenvalue weighted by molar-refractivity contribution is 0.280. The molecular formula is C10H13ClO. The summed E-state index contributed by atoms with van der Waals surface area (Å²) in [7, 11) is 0. The molecule has 0 radical (unpaired) electrons. The minimum Gasteiger partial charge on any atom is -0.392 e. The SMILES string of the molecule is CC(Cl)Cc1ccccc1CO. The highest BCUT2D eigenvalue weighted by Crippen LogP contribution is 2.13. The number of aliphatic hydroxyl groups excluding tert-OH is 1. The summed E-state index contributed by atoms with van der Waals surface area (Å²) in [4.78, 5) is 0. The number of hydrogen-bond donors (Lipinski definition) is 1. The van der Waals surface area contributed by atoms with Crippen LogP contribution in [0.3, 0.4) is 0 Å². The van der Waals surface area contributed by atoms with Crippen molar-refractivity contribution < 1.29 is 5.11 Å². The molecule has 1 rings (SSSR count). The zero-order chi connectivity index (χ0) is 8.97. The van der Waals surface area contributed by atoms with Gasteiger partial charge in [0.15, 0.2) is 0 Å². The van der Waals surface area contributed by atoms with E-state index in [2.05, 4.69) is 0 Å². The standard InChI is InChI=1S/C10H13ClO/c1-8(11)6-9-4-2-3-5-10(9)7-12/h2-5,8,12H,6-7H2,1H3. The van der Waals surface area contributed by atoms with Crippen molar-refractivity contribution >= 4 is 11.6 Å². The van der Waals surface area contributed by atoms with Crippen LogP contribution in [0.1, 0.15) is 18.1 Å². The zero-order valence-electron chi connectivity index (χ0n) is 7.13. The van der Waals surface area contributed by atoms with E-state index in [0.29, 0.717) is 0 Å². The number of aliphatic hydroxyl groups is 1. The summed E-state index contributed by atoms with van der Waals surface area (Å²) in [5, 5.41) is 9.11. The van der Waals surface area contributed by atoms with Crippen molar-refractivity contribution in [2.45, 2.75) is 25.3 Å². The van der Waals surface area contributed by atoms with Crippen molar-refractivity contribution in [1.82, 2.24) is 0 Å². The van der Waals surface area contributed by atoms with E-state index in [1.54, 1.807) is 0 Å². The number of rotatable bonds is 3. The highest BCUT2D eigenvalue weighted by Gasteiger charge is 2.03. The van der Waals surface area contributed by atoms with E-state index < -0.39 is 0 Å². The molecule has 0 aromatic heterocycles. The molecule has 1 unspecified atom stereocenters. The van der Waals surface area contributed by atoms with Crippen LogP contribution in [0.25, 0.3) is 0 Å². The number of alkyl halides is 1. The maximum Gasteiger partial charge on any atom is 0.0684 e. The van der Waals surface area contributed by atoms with E-state index in [4.69, 9.17) is 16.7 Å². The fourth-order valence-corrected chi connectivity index (χ4v) is 1.38. The molecule has 0 amide bonds. The Hall–Kier alpha value is -0.530. The lowest BCUT2D eigenvalue weighted by Crippen LogP contribution is -2.01. The van der Waals surface area contributed by atoms with Crippen LogP contribution in [0.5, 0.6) is 0 Å². The monoisotopic (exact) mass is 184 g/mol. The highest BCUT2D eigenvalue weighted by atomic mass is 35.5. The first-order chi connectivity index (χ1) is 5.74. The Morgan fingerprint density at radius 1 is 1.33 bits per heavy atom. The van der Waals surface area contributed by atoms with Gasteiger partial charge in [0.25, 0.3) is 0 Å². The third-order valence-electron chi connectivity index (χ3n) is 1.79. The molecule has 0 saturated heterocycles. The third-order valence-corrected chi connectivity index (χ3v) is 1.94. The molecule has 12 heavy (non-hydrogen) atoms. The largest absolute Gasteiger partial charge is 0.392 e. The van der Waals surface area contributed by atoms with Crippen LogP contribution in [-0.4, -0.2) is 10.5 Å². The van der Waals surface area contributed by atoms with Gasteiger partial charge in [0.05, 0.1) is 6.61 Å². The van der Waals surface area contributed by atoms with Crippen LogP contribution in [0.2, 0.25) is 0 Å². The Labute approximate surface area is 78.0 Å². The first-order valence-electron chi connectivity index (χ1n) is 4.05. The quantitative estimate of drug-likeness (QED) is 0.716. The summed E-state index contributed by atoms with van der Waals surface area (Å²) in [6.07, 6.45) is 0.818. The normalized spacial score (nSPS) is 12.9. The van der Waals surface area contributed by atoms with E-state index in [9.17, 15) is 0 Å². The summed E-state index contributed by atoms with van der Waals surface area (Å²) in [5.41, 5.74) is 2.12. The van der Waals surface area contributed by atoms with Gasteiger partial charge in [-0.2, -0.15) is 0 Å². The molecule has 1 atom stereocenters. The summed E-state index contributed by atoms with van der Waals surface area (Å²) >= 11 is 5.86. The topological polar surface area (TPSA) is 20.2 Å². The summed E-state index contributed by atoms with van der Waals surface area (Å²) in [6, 6.07) is 7.82. The van der Waals surface area contributed by atoms with Gasteiger partial charge < -0.3 is 5.11 Å². The van der Waals surface area contributed by atoms with Gasteiger partial charge in [-0.25, -0.2) is 0 Å². The molecular weight excluding hydrogens is 172 g/mol. The van der Waals surface area contributed by atoms with Crippen molar-refractivity contribution in [3.63, 3.8) is 0 Å². The van der Waals surface area contributed by atoms with Gasteiger partial charge in [0.1, 0.15) is 0 Å². The second-order valence-electron chi connectivity index (χ2n) is 2.91. The van der Waals surface area contributed by atoms with Crippen LogP contribution in [0.4, 0.5) is 0 Å². The number of benzene rings is 1. The van der Waals surface area contributed by atoms with Gasteiger partial charge in [-0.1, -0.05) is 24.3 Å². The first-order valence-corrected chi connectivity index (χ1v) is 4.49. The molecule has 0 aliphatic rings. The Bertz CT molecular complexity index is 245. The summed E-state index contributed by atoms with van der Waals surface area (Å²) < 4.78 is 0. The molecule has 0 bridgehead atoms.